The molecule has 5 heteroatoms. The molecular weight excluding hydrogens is 288 g/mol. The van der Waals surface area contributed by atoms with Crippen LogP contribution >= 0.6 is 11.6 Å². The molecule has 0 aliphatic heterocycles. The molecule has 1 heterocycles. The van der Waals surface area contributed by atoms with Gasteiger partial charge in [-0.05, 0) is 36.8 Å². The summed E-state index contributed by atoms with van der Waals surface area (Å²) in [7, 11) is 1.73. The molecular formula is C16H17ClN2O2. The second-order valence-corrected chi connectivity index (χ2v) is 5.15. The molecule has 0 fully saturated rings. The van der Waals surface area contributed by atoms with Gasteiger partial charge in [0, 0.05) is 18.8 Å². The topological polar surface area (TPSA) is 42.4 Å². The Morgan fingerprint density at radius 1 is 1.33 bits per heavy atom. The van der Waals surface area contributed by atoms with Gasteiger partial charge >= 0.3 is 0 Å². The van der Waals surface area contributed by atoms with Gasteiger partial charge in [-0.1, -0.05) is 23.7 Å². The normalized spacial score (nSPS) is 10.2. The molecule has 1 aromatic carbocycles. The molecule has 110 valence electrons. The number of benzene rings is 1. The van der Waals surface area contributed by atoms with Crippen LogP contribution in [0.25, 0.3) is 0 Å². The van der Waals surface area contributed by atoms with Gasteiger partial charge in [0.2, 0.25) is 0 Å². The van der Waals surface area contributed by atoms with Crippen LogP contribution in [0.1, 0.15) is 15.9 Å². The second kappa shape index (κ2) is 7.09. The van der Waals surface area contributed by atoms with Crippen molar-refractivity contribution in [2.24, 2.45) is 0 Å². The first-order valence-electron chi connectivity index (χ1n) is 6.63. The number of likely N-dealkylation sites (N-methyl/N-ethyl adjacent to an activating group) is 1. The minimum atomic E-state index is -0.104. The Morgan fingerprint density at radius 2 is 2.14 bits per heavy atom. The van der Waals surface area contributed by atoms with Crippen LogP contribution in [-0.2, 0) is 0 Å². The SMILES string of the molecule is Cc1cccc(OCCN(C)C(=O)c2ccnc(Cl)c2)c1. The second-order valence-electron chi connectivity index (χ2n) is 4.76. The molecule has 0 N–H and O–H groups in total. The van der Waals surface area contributed by atoms with Gasteiger partial charge < -0.3 is 9.64 Å². The Hall–Kier alpha value is -2.07. The van der Waals surface area contributed by atoms with E-state index in [9.17, 15) is 4.79 Å². The van der Waals surface area contributed by atoms with Crippen molar-refractivity contribution in [3.05, 3.63) is 58.9 Å². The van der Waals surface area contributed by atoms with E-state index in [2.05, 4.69) is 4.98 Å². The van der Waals surface area contributed by atoms with E-state index in [1.165, 1.54) is 6.20 Å². The minimum Gasteiger partial charge on any atom is -0.492 e. The van der Waals surface area contributed by atoms with Gasteiger partial charge in [-0.25, -0.2) is 4.98 Å². The van der Waals surface area contributed by atoms with Crippen LogP contribution in [0.5, 0.6) is 5.75 Å². The van der Waals surface area contributed by atoms with Gasteiger partial charge in [-0.2, -0.15) is 0 Å². The molecule has 4 nitrogen and oxygen atoms in total. The number of carbonyl (C=O) groups is 1. The van der Waals surface area contributed by atoms with Crippen molar-refractivity contribution < 1.29 is 9.53 Å². The van der Waals surface area contributed by atoms with E-state index >= 15 is 0 Å². The van der Waals surface area contributed by atoms with E-state index in [0.717, 1.165) is 11.3 Å². The highest BCUT2D eigenvalue weighted by molar-refractivity contribution is 6.29. The summed E-state index contributed by atoms with van der Waals surface area (Å²) in [5.41, 5.74) is 1.66. The van der Waals surface area contributed by atoms with Crippen LogP contribution in [-0.4, -0.2) is 36.0 Å². The number of hydrogen-bond donors (Lipinski definition) is 0. The number of nitrogens with zero attached hydrogens (tertiary/aromatic N) is 2. The van der Waals surface area contributed by atoms with Gasteiger partial charge in [0.05, 0.1) is 6.54 Å². The molecule has 0 radical (unpaired) electrons. The fourth-order valence-electron chi connectivity index (χ4n) is 1.86. The standard InChI is InChI=1S/C16H17ClN2O2/c1-12-4-3-5-14(10-12)21-9-8-19(2)16(20)13-6-7-18-15(17)11-13/h3-7,10-11H,8-9H2,1-2H3. The van der Waals surface area contributed by atoms with Crippen LogP contribution in [0.2, 0.25) is 5.15 Å². The fourth-order valence-corrected chi connectivity index (χ4v) is 2.04. The number of pyridine rings is 1. The molecule has 0 saturated carbocycles. The van der Waals surface area contributed by atoms with Gasteiger partial charge in [-0.3, -0.25) is 4.79 Å². The number of rotatable bonds is 5. The molecule has 0 aliphatic carbocycles. The lowest BCUT2D eigenvalue weighted by Crippen LogP contribution is -2.30. The first-order chi connectivity index (χ1) is 10.1. The quantitative estimate of drug-likeness (QED) is 0.797. The highest BCUT2D eigenvalue weighted by Crippen LogP contribution is 2.13. The van der Waals surface area contributed by atoms with Crippen LogP contribution in [0.4, 0.5) is 0 Å². The van der Waals surface area contributed by atoms with Crippen molar-refractivity contribution in [1.29, 1.82) is 0 Å². The minimum absolute atomic E-state index is 0.104. The zero-order valence-corrected chi connectivity index (χ0v) is 12.8. The van der Waals surface area contributed by atoms with Crippen LogP contribution in [0, 0.1) is 6.92 Å². The molecule has 2 aromatic rings. The molecule has 2 rings (SSSR count). The number of halogens is 1. The summed E-state index contributed by atoms with van der Waals surface area (Å²) in [5.74, 6) is 0.704. The predicted octanol–water partition coefficient (Wildman–Crippen LogP) is 3.19. The summed E-state index contributed by atoms with van der Waals surface area (Å²) in [6.07, 6.45) is 1.52. The van der Waals surface area contributed by atoms with Crippen LogP contribution in [0.15, 0.2) is 42.6 Å². The molecule has 0 spiro atoms. The highest BCUT2D eigenvalue weighted by Gasteiger charge is 2.12. The highest BCUT2D eigenvalue weighted by atomic mass is 35.5. The lowest BCUT2D eigenvalue weighted by molar-refractivity contribution is 0.0773. The van der Waals surface area contributed by atoms with Gasteiger partial charge in [0.1, 0.15) is 17.5 Å². The molecule has 0 saturated heterocycles. The third kappa shape index (κ3) is 4.46. The zero-order chi connectivity index (χ0) is 15.2. The molecule has 1 aromatic heterocycles. The van der Waals surface area contributed by atoms with Crippen LogP contribution < -0.4 is 4.74 Å². The molecule has 0 aliphatic rings. The smallest absolute Gasteiger partial charge is 0.253 e. The van der Waals surface area contributed by atoms with Crippen LogP contribution in [0.3, 0.4) is 0 Å². The first kappa shape index (κ1) is 15.3. The largest absolute Gasteiger partial charge is 0.492 e. The molecule has 0 unspecified atom stereocenters. The van der Waals surface area contributed by atoms with Crippen molar-refractivity contribution in [2.45, 2.75) is 6.92 Å². The third-order valence-electron chi connectivity index (χ3n) is 3.01. The number of aryl methyl sites for hydroxylation is 1. The van der Waals surface area contributed by atoms with E-state index < -0.39 is 0 Å². The number of carbonyl (C=O) groups excluding carboxylic acids is 1. The van der Waals surface area contributed by atoms with E-state index in [4.69, 9.17) is 16.3 Å². The summed E-state index contributed by atoms with van der Waals surface area (Å²) >= 11 is 5.79. The summed E-state index contributed by atoms with van der Waals surface area (Å²) in [4.78, 5) is 17.6. The van der Waals surface area contributed by atoms with Crippen molar-refractivity contribution in [2.75, 3.05) is 20.2 Å². The average molecular weight is 305 g/mol. The van der Waals surface area contributed by atoms with Crippen molar-refractivity contribution in [1.82, 2.24) is 9.88 Å². The fraction of sp³-hybridized carbons (Fsp3) is 0.250. The number of aromatic nitrogens is 1. The summed E-state index contributed by atoms with van der Waals surface area (Å²) in [6, 6.07) is 11.0. The Morgan fingerprint density at radius 3 is 2.86 bits per heavy atom. The Labute approximate surface area is 129 Å². The summed E-state index contributed by atoms with van der Waals surface area (Å²) in [5, 5.41) is 0.310. The number of ether oxygens (including phenoxy) is 1. The Bertz CT molecular complexity index is 631. The summed E-state index contributed by atoms with van der Waals surface area (Å²) < 4.78 is 5.63. The van der Waals surface area contributed by atoms with Gasteiger partial charge in [0.15, 0.2) is 0 Å². The maximum absolute atomic E-state index is 12.2. The zero-order valence-electron chi connectivity index (χ0n) is 12.0. The molecule has 0 bridgehead atoms. The van der Waals surface area contributed by atoms with E-state index in [1.807, 2.05) is 31.2 Å². The Kier molecular flexibility index (Phi) is 5.17. The first-order valence-corrected chi connectivity index (χ1v) is 7.00. The van der Waals surface area contributed by atoms with Crippen molar-refractivity contribution in [3.8, 4) is 5.75 Å². The maximum atomic E-state index is 12.2. The van der Waals surface area contributed by atoms with Crippen molar-refractivity contribution >= 4 is 17.5 Å². The predicted molar refractivity (Wildman–Crippen MR) is 82.9 cm³/mol. The Balaban J connectivity index is 1.87. The molecule has 21 heavy (non-hydrogen) atoms. The van der Waals surface area contributed by atoms with Gasteiger partial charge in [0.25, 0.3) is 5.91 Å². The third-order valence-corrected chi connectivity index (χ3v) is 3.21. The number of hydrogen-bond acceptors (Lipinski definition) is 3. The van der Waals surface area contributed by atoms with E-state index in [1.54, 1.807) is 24.1 Å². The molecule has 0 atom stereocenters. The maximum Gasteiger partial charge on any atom is 0.253 e. The monoisotopic (exact) mass is 304 g/mol. The van der Waals surface area contributed by atoms with Crippen molar-refractivity contribution in [3.63, 3.8) is 0 Å². The number of amides is 1. The summed E-state index contributed by atoms with van der Waals surface area (Å²) in [6.45, 7) is 2.94. The molecule has 1 amide bonds. The van der Waals surface area contributed by atoms with E-state index in [-0.39, 0.29) is 5.91 Å². The van der Waals surface area contributed by atoms with E-state index in [0.29, 0.717) is 23.9 Å². The lowest BCUT2D eigenvalue weighted by atomic mass is 10.2. The average Bonchev–Trinajstić information content (AvgIpc) is 2.46. The van der Waals surface area contributed by atoms with Gasteiger partial charge in [-0.15, -0.1) is 0 Å². The lowest BCUT2D eigenvalue weighted by Gasteiger charge is -2.17.